The van der Waals surface area contributed by atoms with Crippen molar-refractivity contribution in [2.75, 3.05) is 19.0 Å². The van der Waals surface area contributed by atoms with Crippen LogP contribution in [-0.4, -0.2) is 29.8 Å². The number of anilines is 1. The van der Waals surface area contributed by atoms with Crippen molar-refractivity contribution in [1.82, 2.24) is 10.1 Å². The monoisotopic (exact) mass is 421 g/mol. The average Bonchev–Trinajstić information content (AvgIpc) is 3.29. The minimum absolute atomic E-state index is 0.294. The molecule has 0 aliphatic carbocycles. The zero-order valence-electron chi connectivity index (χ0n) is 18.0. The van der Waals surface area contributed by atoms with Crippen LogP contribution in [0.3, 0.4) is 0 Å². The summed E-state index contributed by atoms with van der Waals surface area (Å²) < 4.78 is 21.9. The SMILES string of the molecule is CCOc1ccc(NC(=O)c2cc(-c3cc(C)oc3C)nc3onc(C)c23)cc1OC. The van der Waals surface area contributed by atoms with E-state index in [2.05, 4.69) is 15.5 Å². The van der Waals surface area contributed by atoms with Crippen LogP contribution in [0.15, 0.2) is 39.3 Å². The summed E-state index contributed by atoms with van der Waals surface area (Å²) >= 11 is 0. The number of nitrogens with one attached hydrogen (secondary N) is 1. The molecule has 8 heteroatoms. The summed E-state index contributed by atoms with van der Waals surface area (Å²) in [6.45, 7) is 7.90. The molecule has 4 rings (SSSR count). The van der Waals surface area contributed by atoms with Crippen molar-refractivity contribution in [3.05, 3.63) is 53.1 Å². The number of ether oxygens (including phenoxy) is 2. The molecular formula is C23H23N3O5. The minimum Gasteiger partial charge on any atom is -0.493 e. The number of carbonyl (C=O) groups excluding carboxylic acids is 1. The van der Waals surface area contributed by atoms with Gasteiger partial charge in [0.2, 0.25) is 0 Å². The van der Waals surface area contributed by atoms with E-state index in [0.29, 0.717) is 57.6 Å². The molecule has 0 saturated carbocycles. The lowest BCUT2D eigenvalue weighted by molar-refractivity contribution is 0.102. The maximum Gasteiger partial charge on any atom is 0.259 e. The van der Waals surface area contributed by atoms with E-state index in [9.17, 15) is 4.79 Å². The maximum absolute atomic E-state index is 13.3. The van der Waals surface area contributed by atoms with Gasteiger partial charge in [-0.3, -0.25) is 4.79 Å². The van der Waals surface area contributed by atoms with E-state index in [-0.39, 0.29) is 5.91 Å². The van der Waals surface area contributed by atoms with Crippen LogP contribution in [0.1, 0.15) is 34.5 Å². The van der Waals surface area contributed by atoms with Crippen LogP contribution < -0.4 is 14.8 Å². The lowest BCUT2D eigenvalue weighted by atomic mass is 10.1. The van der Waals surface area contributed by atoms with Gasteiger partial charge < -0.3 is 23.7 Å². The van der Waals surface area contributed by atoms with Gasteiger partial charge in [-0.15, -0.1) is 0 Å². The molecule has 1 aromatic carbocycles. The van der Waals surface area contributed by atoms with E-state index in [4.69, 9.17) is 18.4 Å². The highest BCUT2D eigenvalue weighted by Crippen LogP contribution is 2.33. The van der Waals surface area contributed by atoms with Crippen molar-refractivity contribution < 1.29 is 23.2 Å². The highest BCUT2D eigenvalue weighted by molar-refractivity contribution is 6.13. The quantitative estimate of drug-likeness (QED) is 0.464. The fraction of sp³-hybridized carbons (Fsp3) is 0.261. The van der Waals surface area contributed by atoms with Crippen LogP contribution in [0.2, 0.25) is 0 Å². The Kier molecular flexibility index (Phi) is 5.37. The molecule has 31 heavy (non-hydrogen) atoms. The van der Waals surface area contributed by atoms with E-state index < -0.39 is 0 Å². The average molecular weight is 421 g/mol. The lowest BCUT2D eigenvalue weighted by Crippen LogP contribution is -2.13. The van der Waals surface area contributed by atoms with Crippen LogP contribution in [-0.2, 0) is 0 Å². The first-order valence-corrected chi connectivity index (χ1v) is 9.87. The Hall–Kier alpha value is -3.81. The van der Waals surface area contributed by atoms with Gasteiger partial charge in [-0.25, -0.2) is 4.98 Å². The first kappa shape index (κ1) is 20.5. The summed E-state index contributed by atoms with van der Waals surface area (Å²) in [5, 5.41) is 7.47. The smallest absolute Gasteiger partial charge is 0.259 e. The molecule has 160 valence electrons. The second-order valence-electron chi connectivity index (χ2n) is 7.08. The largest absolute Gasteiger partial charge is 0.493 e. The second-order valence-corrected chi connectivity index (χ2v) is 7.08. The molecule has 0 saturated heterocycles. The number of furan rings is 1. The number of hydrogen-bond acceptors (Lipinski definition) is 7. The Labute approximate surface area is 179 Å². The molecule has 1 amide bonds. The molecule has 8 nitrogen and oxygen atoms in total. The van der Waals surface area contributed by atoms with Crippen LogP contribution >= 0.6 is 0 Å². The Morgan fingerprint density at radius 1 is 1.13 bits per heavy atom. The lowest BCUT2D eigenvalue weighted by Gasteiger charge is -2.12. The summed E-state index contributed by atoms with van der Waals surface area (Å²) in [6.07, 6.45) is 0. The van der Waals surface area contributed by atoms with E-state index in [1.807, 2.05) is 26.8 Å². The number of rotatable bonds is 6. The first-order chi connectivity index (χ1) is 14.9. The Bertz CT molecular complexity index is 1270. The normalized spacial score (nSPS) is 11.0. The summed E-state index contributed by atoms with van der Waals surface area (Å²) in [6, 6.07) is 8.84. The predicted molar refractivity (Wildman–Crippen MR) is 116 cm³/mol. The Balaban J connectivity index is 1.75. The second kappa shape index (κ2) is 8.14. The van der Waals surface area contributed by atoms with Crippen LogP contribution in [0.4, 0.5) is 5.69 Å². The standard InChI is InChI=1S/C23H23N3O5/c1-6-29-19-8-7-15(10-20(19)28-5)24-22(27)17-11-18(16-9-12(2)30-14(16)4)25-23-21(17)13(3)26-31-23/h7-11H,6H2,1-5H3,(H,24,27). The third-order valence-electron chi connectivity index (χ3n) is 4.90. The van der Waals surface area contributed by atoms with E-state index in [1.165, 1.54) is 0 Å². The van der Waals surface area contributed by atoms with Crippen molar-refractivity contribution >= 4 is 22.7 Å². The highest BCUT2D eigenvalue weighted by Gasteiger charge is 2.21. The van der Waals surface area contributed by atoms with Gasteiger partial charge in [0.25, 0.3) is 11.6 Å². The first-order valence-electron chi connectivity index (χ1n) is 9.87. The third-order valence-corrected chi connectivity index (χ3v) is 4.90. The summed E-state index contributed by atoms with van der Waals surface area (Å²) in [4.78, 5) is 17.8. The zero-order valence-corrected chi connectivity index (χ0v) is 18.0. The number of hydrogen-bond donors (Lipinski definition) is 1. The number of carbonyl (C=O) groups is 1. The van der Waals surface area contributed by atoms with Gasteiger partial charge in [0.15, 0.2) is 11.5 Å². The molecule has 0 aliphatic heterocycles. The van der Waals surface area contributed by atoms with Gasteiger partial charge in [-0.2, -0.15) is 0 Å². The molecule has 3 aromatic heterocycles. The van der Waals surface area contributed by atoms with Crippen molar-refractivity contribution in [3.63, 3.8) is 0 Å². The molecule has 0 aliphatic rings. The van der Waals surface area contributed by atoms with Crippen LogP contribution in [0.25, 0.3) is 22.4 Å². The number of methoxy groups -OCH3 is 1. The number of pyridine rings is 1. The van der Waals surface area contributed by atoms with Gasteiger partial charge in [-0.05, 0) is 52.0 Å². The third kappa shape index (κ3) is 3.84. The van der Waals surface area contributed by atoms with Gasteiger partial charge >= 0.3 is 0 Å². The molecule has 0 unspecified atom stereocenters. The zero-order chi connectivity index (χ0) is 22.1. The number of nitrogens with zero attached hydrogens (tertiary/aromatic N) is 2. The predicted octanol–water partition coefficient (Wildman–Crippen LogP) is 5.07. The van der Waals surface area contributed by atoms with Gasteiger partial charge in [0.1, 0.15) is 11.5 Å². The number of amides is 1. The van der Waals surface area contributed by atoms with Crippen molar-refractivity contribution in [1.29, 1.82) is 0 Å². The molecule has 0 atom stereocenters. The molecule has 4 aromatic rings. The fourth-order valence-electron chi connectivity index (χ4n) is 3.52. The van der Waals surface area contributed by atoms with Gasteiger partial charge in [-0.1, -0.05) is 5.16 Å². The van der Waals surface area contributed by atoms with Crippen LogP contribution in [0, 0.1) is 20.8 Å². The topological polar surface area (TPSA) is 99.6 Å². The van der Waals surface area contributed by atoms with Crippen molar-refractivity contribution in [2.45, 2.75) is 27.7 Å². The summed E-state index contributed by atoms with van der Waals surface area (Å²) in [5.74, 6) is 2.30. The van der Waals surface area contributed by atoms with E-state index >= 15 is 0 Å². The molecule has 0 radical (unpaired) electrons. The Morgan fingerprint density at radius 2 is 1.94 bits per heavy atom. The number of aryl methyl sites for hydroxylation is 3. The molecule has 0 bridgehead atoms. The molecule has 0 spiro atoms. The summed E-state index contributed by atoms with van der Waals surface area (Å²) in [7, 11) is 1.55. The molecule has 1 N–H and O–H groups in total. The molecule has 3 heterocycles. The number of benzene rings is 1. The minimum atomic E-state index is -0.316. The van der Waals surface area contributed by atoms with E-state index in [1.54, 1.807) is 38.3 Å². The van der Waals surface area contributed by atoms with E-state index in [0.717, 1.165) is 11.3 Å². The number of fused-ring (bicyclic) bond motifs is 1. The maximum atomic E-state index is 13.3. The fourth-order valence-corrected chi connectivity index (χ4v) is 3.52. The van der Waals surface area contributed by atoms with Crippen molar-refractivity contribution in [2.24, 2.45) is 0 Å². The molecular weight excluding hydrogens is 398 g/mol. The summed E-state index contributed by atoms with van der Waals surface area (Å²) in [5.41, 5.74) is 3.23. The van der Waals surface area contributed by atoms with Crippen molar-refractivity contribution in [3.8, 4) is 22.8 Å². The molecule has 0 fully saturated rings. The van der Waals surface area contributed by atoms with Gasteiger partial charge in [0, 0.05) is 17.3 Å². The van der Waals surface area contributed by atoms with Crippen LogP contribution in [0.5, 0.6) is 11.5 Å². The highest BCUT2D eigenvalue weighted by atomic mass is 16.5. The van der Waals surface area contributed by atoms with Gasteiger partial charge in [0.05, 0.1) is 36.1 Å². The Morgan fingerprint density at radius 3 is 2.61 bits per heavy atom. The number of aromatic nitrogens is 2.